The van der Waals surface area contributed by atoms with Gasteiger partial charge in [0.1, 0.15) is 6.07 Å². The van der Waals surface area contributed by atoms with Crippen LogP contribution in [0, 0.1) is 18.3 Å². The van der Waals surface area contributed by atoms with Gasteiger partial charge in [-0.2, -0.15) is 10.4 Å². The van der Waals surface area contributed by atoms with Crippen molar-refractivity contribution in [3.05, 3.63) is 47.8 Å². The van der Waals surface area contributed by atoms with E-state index in [0.29, 0.717) is 5.56 Å². The van der Waals surface area contributed by atoms with Crippen LogP contribution in [-0.2, 0) is 0 Å². The lowest BCUT2D eigenvalue weighted by Gasteiger charge is -2.02. The first-order valence-corrected chi connectivity index (χ1v) is 4.33. The third-order valence-corrected chi connectivity index (χ3v) is 2.13. The number of hydrogen-bond donors (Lipinski definition) is 0. The van der Waals surface area contributed by atoms with Crippen molar-refractivity contribution in [1.29, 1.82) is 5.26 Å². The summed E-state index contributed by atoms with van der Waals surface area (Å²) in [5, 5.41) is 12.9. The Morgan fingerprint density at radius 2 is 2.00 bits per heavy atom. The van der Waals surface area contributed by atoms with Gasteiger partial charge in [-0.15, -0.1) is 0 Å². The summed E-state index contributed by atoms with van der Waals surface area (Å²) in [7, 11) is 0. The molecule has 0 aliphatic rings. The van der Waals surface area contributed by atoms with Crippen molar-refractivity contribution in [2.45, 2.75) is 6.92 Å². The molecule has 0 saturated heterocycles. The monoisotopic (exact) mass is 183 g/mol. The molecule has 0 spiro atoms. The molecular weight excluding hydrogens is 174 g/mol. The van der Waals surface area contributed by atoms with E-state index in [1.165, 1.54) is 0 Å². The zero-order chi connectivity index (χ0) is 9.97. The van der Waals surface area contributed by atoms with Gasteiger partial charge in [-0.25, -0.2) is 4.68 Å². The zero-order valence-corrected chi connectivity index (χ0v) is 7.81. The van der Waals surface area contributed by atoms with Gasteiger partial charge >= 0.3 is 0 Å². The Balaban J connectivity index is 2.54. The summed E-state index contributed by atoms with van der Waals surface area (Å²) in [5.41, 5.74) is 2.47. The van der Waals surface area contributed by atoms with Gasteiger partial charge in [0.05, 0.1) is 23.1 Å². The summed E-state index contributed by atoms with van der Waals surface area (Å²) in [6.45, 7) is 1.89. The van der Waals surface area contributed by atoms with Gasteiger partial charge in [-0.3, -0.25) is 0 Å². The smallest absolute Gasteiger partial charge is 0.103 e. The summed E-state index contributed by atoms with van der Waals surface area (Å²) in [6.07, 6.45) is 1.59. The van der Waals surface area contributed by atoms with E-state index in [1.54, 1.807) is 10.9 Å². The summed E-state index contributed by atoms with van der Waals surface area (Å²) < 4.78 is 1.76. The molecule has 0 N–H and O–H groups in total. The van der Waals surface area contributed by atoms with E-state index in [1.807, 2.05) is 37.3 Å². The van der Waals surface area contributed by atoms with Gasteiger partial charge in [-0.05, 0) is 19.1 Å². The summed E-state index contributed by atoms with van der Waals surface area (Å²) in [6, 6.07) is 11.9. The van der Waals surface area contributed by atoms with Crippen LogP contribution in [0.1, 0.15) is 11.3 Å². The second-order valence-corrected chi connectivity index (χ2v) is 3.00. The maximum atomic E-state index is 8.78. The predicted octanol–water partition coefficient (Wildman–Crippen LogP) is 2.05. The first kappa shape index (κ1) is 8.52. The van der Waals surface area contributed by atoms with Crippen molar-refractivity contribution in [3.8, 4) is 11.8 Å². The first-order valence-electron chi connectivity index (χ1n) is 4.33. The molecule has 0 saturated carbocycles. The molecule has 0 unspecified atom stereocenters. The molecule has 0 bridgehead atoms. The Labute approximate surface area is 82.2 Å². The number of aromatic nitrogens is 2. The number of nitrogens with zero attached hydrogens (tertiary/aromatic N) is 3. The molecule has 0 aliphatic carbocycles. The molecule has 0 amide bonds. The highest BCUT2D eigenvalue weighted by molar-refractivity contribution is 5.38. The van der Waals surface area contributed by atoms with Crippen LogP contribution in [0.4, 0.5) is 0 Å². The number of para-hydroxylation sites is 1. The Hall–Kier alpha value is -2.08. The molecule has 0 atom stereocenters. The van der Waals surface area contributed by atoms with Gasteiger partial charge in [-0.1, -0.05) is 18.2 Å². The van der Waals surface area contributed by atoms with Crippen LogP contribution < -0.4 is 0 Å². The number of benzene rings is 1. The Kier molecular flexibility index (Phi) is 2.04. The van der Waals surface area contributed by atoms with Gasteiger partial charge < -0.3 is 0 Å². The average molecular weight is 183 g/mol. The van der Waals surface area contributed by atoms with E-state index in [4.69, 9.17) is 5.26 Å². The third kappa shape index (κ3) is 1.27. The van der Waals surface area contributed by atoms with Crippen molar-refractivity contribution in [2.75, 3.05) is 0 Å². The lowest BCUT2D eigenvalue weighted by Crippen LogP contribution is -1.98. The quantitative estimate of drug-likeness (QED) is 0.679. The fraction of sp³-hybridized carbons (Fsp3) is 0.0909. The first-order chi connectivity index (χ1) is 6.83. The van der Waals surface area contributed by atoms with E-state index in [9.17, 15) is 0 Å². The number of nitriles is 1. The summed E-state index contributed by atoms with van der Waals surface area (Å²) in [4.78, 5) is 0. The molecule has 3 nitrogen and oxygen atoms in total. The van der Waals surface area contributed by atoms with Crippen LogP contribution in [0.5, 0.6) is 0 Å². The molecule has 0 radical (unpaired) electrons. The van der Waals surface area contributed by atoms with Crippen LogP contribution in [0.15, 0.2) is 36.5 Å². The van der Waals surface area contributed by atoms with Gasteiger partial charge in [0.25, 0.3) is 0 Å². The van der Waals surface area contributed by atoms with Crippen molar-refractivity contribution < 1.29 is 0 Å². The van der Waals surface area contributed by atoms with Crippen molar-refractivity contribution in [3.63, 3.8) is 0 Å². The summed E-state index contributed by atoms with van der Waals surface area (Å²) >= 11 is 0. The van der Waals surface area contributed by atoms with E-state index in [2.05, 4.69) is 11.2 Å². The van der Waals surface area contributed by atoms with Gasteiger partial charge in [0, 0.05) is 0 Å². The molecular formula is C11H9N3. The normalized spacial score (nSPS) is 9.71. The zero-order valence-electron chi connectivity index (χ0n) is 7.81. The molecule has 68 valence electrons. The minimum atomic E-state index is 0.619. The van der Waals surface area contributed by atoms with Gasteiger partial charge in [0.2, 0.25) is 0 Å². The second kappa shape index (κ2) is 3.35. The molecule has 0 fully saturated rings. The lowest BCUT2D eigenvalue weighted by molar-refractivity contribution is 0.846. The molecule has 0 aliphatic heterocycles. The van der Waals surface area contributed by atoms with Crippen LogP contribution in [-0.4, -0.2) is 9.78 Å². The molecule has 14 heavy (non-hydrogen) atoms. The van der Waals surface area contributed by atoms with Gasteiger partial charge in [0.15, 0.2) is 0 Å². The topological polar surface area (TPSA) is 41.6 Å². The van der Waals surface area contributed by atoms with Crippen molar-refractivity contribution in [1.82, 2.24) is 9.78 Å². The van der Waals surface area contributed by atoms with Crippen LogP contribution in [0.25, 0.3) is 5.69 Å². The highest BCUT2D eigenvalue weighted by Gasteiger charge is 2.05. The highest BCUT2D eigenvalue weighted by Crippen LogP contribution is 2.12. The predicted molar refractivity (Wildman–Crippen MR) is 53.0 cm³/mol. The van der Waals surface area contributed by atoms with Crippen LogP contribution >= 0.6 is 0 Å². The largest absolute Gasteiger partial charge is 0.237 e. The maximum Gasteiger partial charge on any atom is 0.103 e. The van der Waals surface area contributed by atoms with E-state index in [0.717, 1.165) is 11.4 Å². The third-order valence-electron chi connectivity index (χ3n) is 2.13. The minimum Gasteiger partial charge on any atom is -0.237 e. The fourth-order valence-corrected chi connectivity index (χ4v) is 1.35. The molecule has 1 aromatic heterocycles. The van der Waals surface area contributed by atoms with E-state index in [-0.39, 0.29) is 0 Å². The Bertz CT molecular complexity index is 477. The summed E-state index contributed by atoms with van der Waals surface area (Å²) in [5.74, 6) is 0. The Morgan fingerprint density at radius 1 is 1.29 bits per heavy atom. The molecule has 2 aromatic rings. The molecule has 1 heterocycles. The fourth-order valence-electron chi connectivity index (χ4n) is 1.35. The van der Waals surface area contributed by atoms with E-state index >= 15 is 0 Å². The van der Waals surface area contributed by atoms with E-state index < -0.39 is 0 Å². The Morgan fingerprint density at radius 3 is 2.57 bits per heavy atom. The molecule has 1 aromatic carbocycles. The van der Waals surface area contributed by atoms with Crippen LogP contribution in [0.3, 0.4) is 0 Å². The number of rotatable bonds is 1. The SMILES string of the molecule is Cc1c(C#N)cnn1-c1ccccc1. The van der Waals surface area contributed by atoms with Crippen molar-refractivity contribution in [2.24, 2.45) is 0 Å². The highest BCUT2D eigenvalue weighted by atomic mass is 15.3. The lowest BCUT2D eigenvalue weighted by atomic mass is 10.3. The molecule has 3 heteroatoms. The standard InChI is InChI=1S/C11H9N3/c1-9-10(7-12)8-13-14(9)11-5-3-2-4-6-11/h2-6,8H,1H3. The molecule has 2 rings (SSSR count). The number of hydrogen-bond acceptors (Lipinski definition) is 2. The second-order valence-electron chi connectivity index (χ2n) is 3.00. The average Bonchev–Trinajstić information content (AvgIpc) is 2.61. The van der Waals surface area contributed by atoms with Crippen molar-refractivity contribution >= 4 is 0 Å². The van der Waals surface area contributed by atoms with Crippen LogP contribution in [0.2, 0.25) is 0 Å². The minimum absolute atomic E-state index is 0.619. The maximum absolute atomic E-state index is 8.78.